The number of carbonyl (C=O) groups excluding carboxylic acids is 1. The predicted octanol–water partition coefficient (Wildman–Crippen LogP) is 1.87. The van der Waals surface area contributed by atoms with Crippen LogP contribution in [0.25, 0.3) is 0 Å². The topological polar surface area (TPSA) is 104 Å². The molecule has 2 amide bonds. The summed E-state index contributed by atoms with van der Waals surface area (Å²) < 4.78 is 0. The van der Waals surface area contributed by atoms with Crippen LogP contribution in [0.5, 0.6) is 0 Å². The number of carbonyl (C=O) groups is 2. The summed E-state index contributed by atoms with van der Waals surface area (Å²) in [5, 5.41) is 23.5. The van der Waals surface area contributed by atoms with E-state index in [1.165, 1.54) is 11.3 Å². The van der Waals surface area contributed by atoms with Crippen molar-refractivity contribution >= 4 is 28.5 Å². The highest BCUT2D eigenvalue weighted by Crippen LogP contribution is 2.25. The number of nitrogens with one attached hydrogen (secondary N) is 2. The van der Waals surface area contributed by atoms with Gasteiger partial charge in [0.15, 0.2) is 0 Å². The van der Waals surface area contributed by atoms with Crippen molar-refractivity contribution in [3.8, 4) is 0 Å². The first-order valence-corrected chi connectivity index (χ1v) is 7.54. The first-order chi connectivity index (χ1) is 9.60. The molecule has 1 fully saturated rings. The number of carboxylic acid groups (broad SMARTS) is 1. The van der Waals surface area contributed by atoms with Gasteiger partial charge in [0.25, 0.3) is 0 Å². The Kier molecular flexibility index (Phi) is 4.89. The molecule has 2 unspecified atom stereocenters. The fourth-order valence-electron chi connectivity index (χ4n) is 2.35. The highest BCUT2D eigenvalue weighted by Gasteiger charge is 2.31. The van der Waals surface area contributed by atoms with E-state index in [9.17, 15) is 9.59 Å². The van der Waals surface area contributed by atoms with E-state index < -0.39 is 17.9 Å². The molecule has 110 valence electrons. The van der Waals surface area contributed by atoms with Gasteiger partial charge in [-0.2, -0.15) is 0 Å². The van der Waals surface area contributed by atoms with Gasteiger partial charge in [-0.15, -0.1) is 10.2 Å². The summed E-state index contributed by atoms with van der Waals surface area (Å²) in [6, 6.07) is -0.734. The lowest BCUT2D eigenvalue weighted by atomic mass is 9.84. The molecule has 0 bridgehead atoms. The number of hydrogen-bond donors (Lipinski definition) is 3. The molecule has 20 heavy (non-hydrogen) atoms. The Balaban J connectivity index is 1.91. The minimum absolute atomic E-state index is 0.320. The number of carboxylic acids is 1. The van der Waals surface area contributed by atoms with Crippen LogP contribution in [0.3, 0.4) is 0 Å². The molecule has 7 nitrogen and oxygen atoms in total. The number of hydrogen-bond acceptors (Lipinski definition) is 5. The lowest BCUT2D eigenvalue weighted by molar-refractivity contribution is -0.143. The van der Waals surface area contributed by atoms with Crippen LogP contribution in [-0.2, 0) is 11.2 Å². The van der Waals surface area contributed by atoms with E-state index in [0.717, 1.165) is 24.3 Å². The van der Waals surface area contributed by atoms with E-state index >= 15 is 0 Å². The summed E-state index contributed by atoms with van der Waals surface area (Å²) in [5.41, 5.74) is 0. The average Bonchev–Trinajstić information content (AvgIpc) is 2.86. The van der Waals surface area contributed by atoms with Crippen LogP contribution in [0, 0.1) is 5.92 Å². The fraction of sp³-hybridized carbons (Fsp3) is 0.667. The molecule has 1 heterocycles. The molecule has 1 aromatic heterocycles. The first kappa shape index (κ1) is 14.7. The van der Waals surface area contributed by atoms with Crippen molar-refractivity contribution in [2.45, 2.75) is 45.1 Å². The summed E-state index contributed by atoms with van der Waals surface area (Å²) in [4.78, 5) is 23.0. The van der Waals surface area contributed by atoms with Crippen molar-refractivity contribution in [2.24, 2.45) is 5.92 Å². The highest BCUT2D eigenvalue weighted by molar-refractivity contribution is 7.15. The zero-order valence-electron chi connectivity index (χ0n) is 11.3. The Labute approximate surface area is 120 Å². The minimum atomic E-state index is -0.848. The van der Waals surface area contributed by atoms with Gasteiger partial charge in [0.1, 0.15) is 5.01 Å². The van der Waals surface area contributed by atoms with Gasteiger partial charge in [0.2, 0.25) is 5.13 Å². The number of amides is 2. The van der Waals surface area contributed by atoms with E-state index in [4.69, 9.17) is 5.11 Å². The number of anilines is 1. The van der Waals surface area contributed by atoms with Gasteiger partial charge in [0, 0.05) is 6.04 Å². The molecule has 1 saturated carbocycles. The second kappa shape index (κ2) is 6.65. The van der Waals surface area contributed by atoms with E-state index in [0.29, 0.717) is 18.0 Å². The Morgan fingerprint density at radius 2 is 2.10 bits per heavy atom. The Morgan fingerprint density at radius 3 is 2.75 bits per heavy atom. The Bertz CT molecular complexity index is 491. The zero-order chi connectivity index (χ0) is 14.5. The summed E-state index contributed by atoms with van der Waals surface area (Å²) in [5.74, 6) is -1.35. The van der Waals surface area contributed by atoms with Crippen LogP contribution < -0.4 is 10.6 Å². The maximum Gasteiger partial charge on any atom is 0.321 e. The quantitative estimate of drug-likeness (QED) is 0.787. The number of rotatable bonds is 4. The normalized spacial score (nSPS) is 22.2. The molecule has 8 heteroatoms. The van der Waals surface area contributed by atoms with Crippen LogP contribution in [0.1, 0.15) is 37.6 Å². The molecule has 2 rings (SSSR count). The fourth-order valence-corrected chi connectivity index (χ4v) is 3.02. The summed E-state index contributed by atoms with van der Waals surface area (Å²) in [6.07, 6.45) is 3.91. The van der Waals surface area contributed by atoms with Gasteiger partial charge in [-0.25, -0.2) is 4.79 Å². The van der Waals surface area contributed by atoms with Crippen molar-refractivity contribution < 1.29 is 14.7 Å². The third-order valence-corrected chi connectivity index (χ3v) is 4.37. The molecular weight excluding hydrogens is 280 g/mol. The van der Waals surface area contributed by atoms with Crippen molar-refractivity contribution in [2.75, 3.05) is 5.32 Å². The number of nitrogens with zero attached hydrogens (tertiary/aromatic N) is 2. The molecule has 2 atom stereocenters. The van der Waals surface area contributed by atoms with E-state index in [1.54, 1.807) is 0 Å². The molecule has 0 radical (unpaired) electrons. The third kappa shape index (κ3) is 3.66. The van der Waals surface area contributed by atoms with Gasteiger partial charge < -0.3 is 10.4 Å². The first-order valence-electron chi connectivity index (χ1n) is 6.73. The van der Waals surface area contributed by atoms with Gasteiger partial charge in [-0.3, -0.25) is 10.1 Å². The van der Waals surface area contributed by atoms with Gasteiger partial charge >= 0.3 is 12.0 Å². The molecular formula is C12H18N4O3S. The van der Waals surface area contributed by atoms with E-state index in [-0.39, 0.29) is 6.04 Å². The molecule has 1 aromatic rings. The van der Waals surface area contributed by atoms with Crippen molar-refractivity contribution in [3.63, 3.8) is 0 Å². The van der Waals surface area contributed by atoms with Crippen molar-refractivity contribution in [1.82, 2.24) is 15.5 Å². The number of aliphatic carboxylic acids is 1. The molecule has 1 aliphatic carbocycles. The number of aryl methyl sites for hydroxylation is 1. The third-order valence-electron chi connectivity index (χ3n) is 3.39. The maximum absolute atomic E-state index is 11.9. The van der Waals surface area contributed by atoms with Crippen LogP contribution in [-0.4, -0.2) is 33.3 Å². The number of aromatic nitrogens is 2. The summed E-state index contributed by atoms with van der Waals surface area (Å²) in [6.45, 7) is 1.96. The van der Waals surface area contributed by atoms with Gasteiger partial charge in [-0.05, 0) is 19.3 Å². The van der Waals surface area contributed by atoms with Crippen molar-refractivity contribution in [3.05, 3.63) is 5.01 Å². The van der Waals surface area contributed by atoms with Crippen LogP contribution in [0.4, 0.5) is 9.93 Å². The zero-order valence-corrected chi connectivity index (χ0v) is 12.1. The molecule has 0 aromatic carbocycles. The Hall–Kier alpha value is -1.70. The lowest BCUT2D eigenvalue weighted by Gasteiger charge is -2.28. The highest BCUT2D eigenvalue weighted by atomic mass is 32.1. The van der Waals surface area contributed by atoms with E-state index in [1.807, 2.05) is 6.92 Å². The SMILES string of the molecule is CCc1nnc(NC(=O)NC2CCCCC2C(=O)O)s1. The van der Waals surface area contributed by atoms with Crippen molar-refractivity contribution in [1.29, 1.82) is 0 Å². The van der Waals surface area contributed by atoms with E-state index in [2.05, 4.69) is 20.8 Å². The molecule has 0 spiro atoms. The Morgan fingerprint density at radius 1 is 1.35 bits per heavy atom. The van der Waals surface area contributed by atoms with Crippen LogP contribution in [0.2, 0.25) is 0 Å². The smallest absolute Gasteiger partial charge is 0.321 e. The maximum atomic E-state index is 11.9. The minimum Gasteiger partial charge on any atom is -0.481 e. The standard InChI is InChI=1S/C12H18N4O3S/c1-2-9-15-16-12(20-9)14-11(19)13-8-6-4-3-5-7(8)10(17)18/h7-8H,2-6H2,1H3,(H,17,18)(H2,13,14,16,19). The monoisotopic (exact) mass is 298 g/mol. The molecule has 0 aliphatic heterocycles. The predicted molar refractivity (Wildman–Crippen MR) is 74.8 cm³/mol. The van der Waals surface area contributed by atoms with Gasteiger partial charge in [-0.1, -0.05) is 31.1 Å². The summed E-state index contributed by atoms with van der Waals surface area (Å²) in [7, 11) is 0. The average molecular weight is 298 g/mol. The lowest BCUT2D eigenvalue weighted by Crippen LogP contribution is -2.46. The second-order valence-corrected chi connectivity index (χ2v) is 5.85. The molecule has 3 N–H and O–H groups in total. The second-order valence-electron chi connectivity index (χ2n) is 4.79. The number of urea groups is 1. The molecule has 0 saturated heterocycles. The van der Waals surface area contributed by atoms with Gasteiger partial charge in [0.05, 0.1) is 5.92 Å². The molecule has 1 aliphatic rings. The van der Waals surface area contributed by atoms with Crippen LogP contribution in [0.15, 0.2) is 0 Å². The summed E-state index contributed by atoms with van der Waals surface area (Å²) >= 11 is 1.32. The van der Waals surface area contributed by atoms with Crippen LogP contribution >= 0.6 is 11.3 Å². The largest absolute Gasteiger partial charge is 0.481 e.